The minimum Gasteiger partial charge on any atom is -0.351 e. The Morgan fingerprint density at radius 2 is 1.97 bits per heavy atom. The van der Waals surface area contributed by atoms with Gasteiger partial charge in [0.25, 0.3) is 5.91 Å². The highest BCUT2D eigenvalue weighted by Gasteiger charge is 2.50. The first kappa shape index (κ1) is 24.8. The van der Waals surface area contributed by atoms with Crippen molar-refractivity contribution in [2.24, 2.45) is 5.41 Å². The molecule has 1 spiro atoms. The highest BCUT2D eigenvalue weighted by molar-refractivity contribution is 6.02. The molecule has 3 aliphatic rings. The molecule has 3 fully saturated rings. The molecule has 1 N–H and O–H groups in total. The van der Waals surface area contributed by atoms with Crippen LogP contribution in [0.15, 0.2) is 41.4 Å². The van der Waals surface area contributed by atoms with Crippen LogP contribution < -0.4 is 5.32 Å². The number of hydrogen-bond acceptors (Lipinski definition) is 7. The summed E-state index contributed by atoms with van der Waals surface area (Å²) in [4.78, 5) is 36.7. The lowest BCUT2D eigenvalue weighted by molar-refractivity contribution is -0.125. The Morgan fingerprint density at radius 1 is 1.18 bits per heavy atom. The van der Waals surface area contributed by atoms with Crippen LogP contribution in [-0.4, -0.2) is 87.5 Å². The van der Waals surface area contributed by atoms with Crippen LogP contribution in [0, 0.1) is 12.3 Å². The third-order valence-corrected chi connectivity index (χ3v) is 8.46. The lowest BCUT2D eigenvalue weighted by Crippen LogP contribution is -2.43. The third-order valence-electron chi connectivity index (χ3n) is 8.46. The number of amides is 2. The highest BCUT2D eigenvalue weighted by Crippen LogP contribution is 2.55. The fourth-order valence-corrected chi connectivity index (χ4v) is 6.31. The van der Waals surface area contributed by atoms with Gasteiger partial charge in [0, 0.05) is 57.9 Å². The van der Waals surface area contributed by atoms with Crippen molar-refractivity contribution in [2.45, 2.75) is 38.8 Å². The van der Waals surface area contributed by atoms with Gasteiger partial charge in [0.2, 0.25) is 17.6 Å². The van der Waals surface area contributed by atoms with Crippen LogP contribution >= 0.6 is 0 Å². The average Bonchev–Trinajstić information content (AvgIpc) is 3.61. The first-order valence-corrected chi connectivity index (χ1v) is 13.4. The molecule has 10 nitrogen and oxygen atoms in total. The fraction of sp³-hybridized carbons (Fsp3) is 0.500. The maximum absolute atomic E-state index is 13.0. The molecule has 1 saturated carbocycles. The number of aryl methyl sites for hydroxylation is 1. The number of imidazole rings is 1. The minimum absolute atomic E-state index is 0.00147. The van der Waals surface area contributed by atoms with Crippen LogP contribution in [0.4, 0.5) is 5.95 Å². The van der Waals surface area contributed by atoms with Gasteiger partial charge in [0.1, 0.15) is 0 Å². The Morgan fingerprint density at radius 3 is 2.68 bits per heavy atom. The number of likely N-dealkylation sites (tertiary alicyclic amines) is 1. The molecule has 3 aromatic rings. The van der Waals surface area contributed by atoms with Crippen molar-refractivity contribution in [2.75, 3.05) is 51.6 Å². The second-order valence-corrected chi connectivity index (χ2v) is 11.3. The van der Waals surface area contributed by atoms with Gasteiger partial charge < -0.3 is 18.9 Å². The molecular weight excluding hydrogens is 482 g/mol. The monoisotopic (exact) mass is 517 g/mol. The van der Waals surface area contributed by atoms with Gasteiger partial charge >= 0.3 is 0 Å². The van der Waals surface area contributed by atoms with Crippen molar-refractivity contribution < 1.29 is 14.1 Å². The summed E-state index contributed by atoms with van der Waals surface area (Å²) >= 11 is 0. The number of hydrogen-bond donors (Lipinski definition) is 1. The Kier molecular flexibility index (Phi) is 6.31. The van der Waals surface area contributed by atoms with E-state index in [4.69, 9.17) is 9.51 Å². The molecule has 0 bridgehead atoms. The molecule has 6 rings (SSSR count). The van der Waals surface area contributed by atoms with E-state index >= 15 is 0 Å². The van der Waals surface area contributed by atoms with Crippen LogP contribution in [-0.2, 0) is 11.3 Å². The standard InChI is InChI=1S/C28H35N7O3/c1-4-25(36)34-8-7-28(18-34)15-21(16-28)35-23-6-5-20(17-33-11-9-32(3)10-12-33)14-22(23)29-27(35)30-26(37)24-13-19(2)31-38-24/h4-6,13-14,21H,1,7-12,15-18H2,2-3H3,(H,29,30,37). The number of nitrogens with one attached hydrogen (secondary N) is 1. The number of anilines is 1. The first-order valence-electron chi connectivity index (χ1n) is 13.4. The molecule has 1 aromatic carbocycles. The molecule has 2 amide bonds. The maximum atomic E-state index is 13.0. The Hall–Kier alpha value is -3.50. The van der Waals surface area contributed by atoms with E-state index in [1.165, 1.54) is 11.6 Å². The van der Waals surface area contributed by atoms with E-state index in [0.29, 0.717) is 11.6 Å². The summed E-state index contributed by atoms with van der Waals surface area (Å²) in [6, 6.07) is 8.27. The zero-order valence-corrected chi connectivity index (χ0v) is 22.2. The summed E-state index contributed by atoms with van der Waals surface area (Å²) in [5, 5.41) is 6.83. The summed E-state index contributed by atoms with van der Waals surface area (Å²) in [5.41, 5.74) is 3.86. The maximum Gasteiger partial charge on any atom is 0.296 e. The number of piperazine rings is 1. The molecule has 4 heterocycles. The number of rotatable bonds is 6. The average molecular weight is 518 g/mol. The first-order chi connectivity index (χ1) is 18.3. The molecule has 2 saturated heterocycles. The van der Waals surface area contributed by atoms with Crippen molar-refractivity contribution in [1.29, 1.82) is 0 Å². The van der Waals surface area contributed by atoms with Gasteiger partial charge in [-0.3, -0.25) is 19.8 Å². The van der Waals surface area contributed by atoms with Crippen LogP contribution in [0.5, 0.6) is 0 Å². The van der Waals surface area contributed by atoms with Crippen molar-refractivity contribution in [3.05, 3.63) is 53.9 Å². The van der Waals surface area contributed by atoms with Gasteiger partial charge in [0.15, 0.2) is 0 Å². The summed E-state index contributed by atoms with van der Waals surface area (Å²) < 4.78 is 7.36. The Balaban J connectivity index is 1.26. The molecule has 200 valence electrons. The lowest BCUT2D eigenvalue weighted by Gasteiger charge is -2.46. The Labute approximate surface area is 222 Å². The molecule has 10 heteroatoms. The quantitative estimate of drug-likeness (QED) is 0.502. The third kappa shape index (κ3) is 4.63. The molecule has 0 atom stereocenters. The van der Waals surface area contributed by atoms with Gasteiger partial charge in [-0.25, -0.2) is 4.98 Å². The van der Waals surface area contributed by atoms with Crippen molar-refractivity contribution >= 4 is 28.8 Å². The Bertz CT molecular complexity index is 1380. The number of carbonyl (C=O) groups is 2. The van der Waals surface area contributed by atoms with E-state index in [1.54, 1.807) is 13.0 Å². The van der Waals surface area contributed by atoms with Crippen molar-refractivity contribution in [3.63, 3.8) is 0 Å². The number of nitrogens with zero attached hydrogens (tertiary/aromatic N) is 6. The van der Waals surface area contributed by atoms with Gasteiger partial charge in [-0.2, -0.15) is 0 Å². The number of fused-ring (bicyclic) bond motifs is 1. The van der Waals surface area contributed by atoms with E-state index in [9.17, 15) is 9.59 Å². The molecule has 2 aliphatic heterocycles. The SMILES string of the molecule is C=CC(=O)N1CCC2(CC(n3c(NC(=O)c4cc(C)no4)nc4cc(CN5CCN(C)CC5)ccc43)C2)C1. The molecule has 0 unspecified atom stereocenters. The predicted molar refractivity (Wildman–Crippen MR) is 144 cm³/mol. The number of likely N-dealkylation sites (N-methyl/N-ethyl adjacent to an activating group) is 1. The summed E-state index contributed by atoms with van der Waals surface area (Å²) in [7, 11) is 2.16. The van der Waals surface area contributed by atoms with Crippen LogP contribution in [0.3, 0.4) is 0 Å². The van der Waals surface area contributed by atoms with Gasteiger partial charge in [0.05, 0.1) is 16.7 Å². The van der Waals surface area contributed by atoms with E-state index in [0.717, 1.165) is 76.1 Å². The van der Waals surface area contributed by atoms with E-state index < -0.39 is 0 Å². The highest BCUT2D eigenvalue weighted by atomic mass is 16.5. The minimum atomic E-state index is -0.363. The second kappa shape index (κ2) is 9.67. The van der Waals surface area contributed by atoms with Crippen LogP contribution in [0.2, 0.25) is 0 Å². The fourth-order valence-electron chi connectivity index (χ4n) is 6.31. The predicted octanol–water partition coefficient (Wildman–Crippen LogP) is 3.07. The molecular formula is C28H35N7O3. The summed E-state index contributed by atoms with van der Waals surface area (Å²) in [6.07, 6.45) is 4.26. The molecule has 1 aliphatic carbocycles. The van der Waals surface area contributed by atoms with Crippen LogP contribution in [0.1, 0.15) is 47.1 Å². The van der Waals surface area contributed by atoms with E-state index in [-0.39, 0.29) is 29.0 Å². The smallest absolute Gasteiger partial charge is 0.296 e. The number of aromatic nitrogens is 3. The largest absolute Gasteiger partial charge is 0.351 e. The van der Waals surface area contributed by atoms with E-state index in [1.807, 2.05) is 4.90 Å². The topological polar surface area (TPSA) is 99.7 Å². The number of benzene rings is 1. The van der Waals surface area contributed by atoms with Crippen molar-refractivity contribution in [3.8, 4) is 0 Å². The zero-order valence-electron chi connectivity index (χ0n) is 22.2. The number of carbonyl (C=O) groups excluding carboxylic acids is 2. The molecule has 2 aromatic heterocycles. The molecule has 0 radical (unpaired) electrons. The molecule has 38 heavy (non-hydrogen) atoms. The summed E-state index contributed by atoms with van der Waals surface area (Å²) in [5.74, 6) is 0.322. The zero-order chi connectivity index (χ0) is 26.4. The van der Waals surface area contributed by atoms with Gasteiger partial charge in [-0.15, -0.1) is 0 Å². The van der Waals surface area contributed by atoms with Gasteiger partial charge in [-0.1, -0.05) is 17.8 Å². The van der Waals surface area contributed by atoms with Crippen molar-refractivity contribution in [1.82, 2.24) is 29.4 Å². The van der Waals surface area contributed by atoms with E-state index in [2.05, 4.69) is 56.7 Å². The van der Waals surface area contributed by atoms with Gasteiger partial charge in [-0.05, 0) is 62.4 Å². The van der Waals surface area contributed by atoms with Crippen LogP contribution in [0.25, 0.3) is 11.0 Å². The lowest BCUT2D eigenvalue weighted by atomic mass is 9.64. The summed E-state index contributed by atoms with van der Waals surface area (Å²) in [6.45, 7) is 12.1. The second-order valence-electron chi connectivity index (χ2n) is 11.3. The normalized spacial score (nSPS) is 24.2.